The molecule has 2 N–H and O–H groups in total. The molecule has 0 bridgehead atoms. The predicted octanol–water partition coefficient (Wildman–Crippen LogP) is 4.08. The summed E-state index contributed by atoms with van der Waals surface area (Å²) >= 11 is 7.46. The lowest BCUT2D eigenvalue weighted by Crippen LogP contribution is -2.15. The van der Waals surface area contributed by atoms with Crippen LogP contribution in [0.1, 0.15) is 20.8 Å². The first-order valence-electron chi connectivity index (χ1n) is 9.02. The number of carbonyl (C=O) groups excluding carboxylic acids is 1. The number of aromatic nitrogens is 1. The summed E-state index contributed by atoms with van der Waals surface area (Å²) in [7, 11) is 3.77. The highest BCUT2D eigenvalue weighted by atomic mass is 35.5. The van der Waals surface area contributed by atoms with Gasteiger partial charge in [0.15, 0.2) is 5.13 Å². The molecule has 3 aromatic rings. The first-order chi connectivity index (χ1) is 14.0. The van der Waals surface area contributed by atoms with Crippen LogP contribution in [0.25, 0.3) is 0 Å². The number of rotatable bonds is 8. The van der Waals surface area contributed by atoms with Crippen LogP contribution in [0.4, 0.5) is 10.8 Å². The third-order valence-electron chi connectivity index (χ3n) is 4.09. The molecule has 1 heterocycles. The standard InChI is InChI=1S/C21H22ClN3O3S/c1-25(2)18-7-6-15(12-19(18)28-9-8-26)20(27)24-21-23-13-17(29-21)11-14-4-3-5-16(22)10-14/h3-7,10,12-13,26H,8-9,11H2,1-2H3,(H,23,24,27). The molecule has 0 aliphatic heterocycles. The molecule has 29 heavy (non-hydrogen) atoms. The van der Waals surface area contributed by atoms with Crippen LogP contribution in [-0.2, 0) is 6.42 Å². The van der Waals surface area contributed by atoms with Gasteiger partial charge in [-0.15, -0.1) is 11.3 Å². The fourth-order valence-electron chi connectivity index (χ4n) is 2.76. The van der Waals surface area contributed by atoms with Crippen molar-refractivity contribution in [1.82, 2.24) is 4.98 Å². The maximum Gasteiger partial charge on any atom is 0.257 e. The molecule has 0 saturated carbocycles. The highest BCUT2D eigenvalue weighted by Crippen LogP contribution is 2.29. The number of ether oxygens (including phenoxy) is 1. The Kier molecular flexibility index (Phi) is 7.09. The van der Waals surface area contributed by atoms with Gasteiger partial charge in [0, 0.05) is 42.2 Å². The largest absolute Gasteiger partial charge is 0.489 e. The molecule has 1 aromatic heterocycles. The van der Waals surface area contributed by atoms with Gasteiger partial charge in [0.1, 0.15) is 12.4 Å². The molecule has 0 unspecified atom stereocenters. The molecule has 0 aliphatic carbocycles. The van der Waals surface area contributed by atoms with E-state index in [2.05, 4.69) is 10.3 Å². The van der Waals surface area contributed by atoms with Gasteiger partial charge in [0.05, 0.1) is 12.3 Å². The number of carbonyl (C=O) groups is 1. The summed E-state index contributed by atoms with van der Waals surface area (Å²) in [5.41, 5.74) is 2.37. The zero-order valence-corrected chi connectivity index (χ0v) is 17.8. The van der Waals surface area contributed by atoms with Gasteiger partial charge in [0.25, 0.3) is 5.91 Å². The fraction of sp³-hybridized carbons (Fsp3) is 0.238. The quantitative estimate of drug-likeness (QED) is 0.562. The molecule has 6 nitrogen and oxygen atoms in total. The van der Waals surface area contributed by atoms with Crippen molar-refractivity contribution in [2.24, 2.45) is 0 Å². The van der Waals surface area contributed by atoms with Crippen LogP contribution >= 0.6 is 22.9 Å². The maximum absolute atomic E-state index is 12.7. The second kappa shape index (κ2) is 9.73. The molecule has 2 aromatic carbocycles. The van der Waals surface area contributed by atoms with Crippen LogP contribution in [-0.4, -0.2) is 43.3 Å². The number of amides is 1. The zero-order valence-electron chi connectivity index (χ0n) is 16.2. The average molecular weight is 432 g/mol. The van der Waals surface area contributed by atoms with E-state index in [1.165, 1.54) is 11.3 Å². The Morgan fingerprint density at radius 3 is 2.83 bits per heavy atom. The number of aliphatic hydroxyl groups excluding tert-OH is 1. The molecule has 0 saturated heterocycles. The number of hydrogen-bond donors (Lipinski definition) is 2. The monoisotopic (exact) mass is 431 g/mol. The SMILES string of the molecule is CN(C)c1ccc(C(=O)Nc2ncc(Cc3cccc(Cl)c3)s2)cc1OCCO. The highest BCUT2D eigenvalue weighted by molar-refractivity contribution is 7.15. The Labute approximate surface area is 178 Å². The predicted molar refractivity (Wildman–Crippen MR) is 118 cm³/mol. The molecule has 152 valence electrons. The number of hydrogen-bond acceptors (Lipinski definition) is 6. The van der Waals surface area contributed by atoms with E-state index in [4.69, 9.17) is 21.4 Å². The summed E-state index contributed by atoms with van der Waals surface area (Å²) in [6.07, 6.45) is 2.46. The zero-order chi connectivity index (χ0) is 20.8. The van der Waals surface area contributed by atoms with E-state index in [1.807, 2.05) is 49.3 Å². The van der Waals surface area contributed by atoms with Gasteiger partial charge in [-0.3, -0.25) is 10.1 Å². The van der Waals surface area contributed by atoms with E-state index in [-0.39, 0.29) is 19.1 Å². The second-order valence-electron chi connectivity index (χ2n) is 6.54. The summed E-state index contributed by atoms with van der Waals surface area (Å²) in [5.74, 6) is 0.269. The normalized spacial score (nSPS) is 10.6. The Balaban J connectivity index is 1.71. The summed E-state index contributed by atoms with van der Waals surface area (Å²) in [6.45, 7) is 0.0586. The van der Waals surface area contributed by atoms with Gasteiger partial charge in [-0.1, -0.05) is 23.7 Å². The minimum Gasteiger partial charge on any atom is -0.489 e. The van der Waals surface area contributed by atoms with Crippen molar-refractivity contribution in [2.45, 2.75) is 6.42 Å². The molecular formula is C21H22ClN3O3S. The van der Waals surface area contributed by atoms with Gasteiger partial charge in [-0.25, -0.2) is 4.98 Å². The Hall–Kier alpha value is -2.61. The molecule has 0 aliphatic rings. The summed E-state index contributed by atoms with van der Waals surface area (Å²) in [6, 6.07) is 12.9. The number of halogens is 1. The molecule has 0 radical (unpaired) electrons. The number of nitrogens with zero attached hydrogens (tertiary/aromatic N) is 2. The lowest BCUT2D eigenvalue weighted by Gasteiger charge is -2.18. The van der Waals surface area contributed by atoms with E-state index in [1.54, 1.807) is 18.3 Å². The summed E-state index contributed by atoms with van der Waals surface area (Å²) in [4.78, 5) is 19.9. The van der Waals surface area contributed by atoms with E-state index in [0.29, 0.717) is 27.9 Å². The molecule has 8 heteroatoms. The van der Waals surface area contributed by atoms with Crippen LogP contribution in [0.3, 0.4) is 0 Å². The van der Waals surface area contributed by atoms with Crippen molar-refractivity contribution in [3.63, 3.8) is 0 Å². The van der Waals surface area contributed by atoms with E-state index in [0.717, 1.165) is 16.1 Å². The molecule has 0 atom stereocenters. The number of aliphatic hydroxyl groups is 1. The topological polar surface area (TPSA) is 74.7 Å². The van der Waals surface area contributed by atoms with Crippen LogP contribution in [0, 0.1) is 0 Å². The van der Waals surface area contributed by atoms with Crippen molar-refractivity contribution in [2.75, 3.05) is 37.5 Å². The summed E-state index contributed by atoms with van der Waals surface area (Å²) < 4.78 is 5.57. The number of benzene rings is 2. The van der Waals surface area contributed by atoms with Crippen LogP contribution in [0.5, 0.6) is 5.75 Å². The second-order valence-corrected chi connectivity index (χ2v) is 8.09. The minimum absolute atomic E-state index is 0.0994. The smallest absolute Gasteiger partial charge is 0.257 e. The lowest BCUT2D eigenvalue weighted by molar-refractivity contribution is 0.102. The van der Waals surface area contributed by atoms with Crippen LogP contribution in [0.2, 0.25) is 5.02 Å². The van der Waals surface area contributed by atoms with E-state index >= 15 is 0 Å². The number of nitrogens with one attached hydrogen (secondary N) is 1. The van der Waals surface area contributed by atoms with Gasteiger partial charge < -0.3 is 14.7 Å². The van der Waals surface area contributed by atoms with E-state index < -0.39 is 0 Å². The maximum atomic E-state index is 12.7. The van der Waals surface area contributed by atoms with Gasteiger partial charge in [0.2, 0.25) is 0 Å². The van der Waals surface area contributed by atoms with Crippen molar-refractivity contribution in [3.8, 4) is 5.75 Å². The van der Waals surface area contributed by atoms with Crippen LogP contribution < -0.4 is 15.0 Å². The van der Waals surface area contributed by atoms with Crippen molar-refractivity contribution < 1.29 is 14.6 Å². The molecule has 1 amide bonds. The first-order valence-corrected chi connectivity index (χ1v) is 10.2. The van der Waals surface area contributed by atoms with Crippen LogP contribution in [0.15, 0.2) is 48.7 Å². The molecule has 3 rings (SSSR count). The summed E-state index contributed by atoms with van der Waals surface area (Å²) in [5, 5.41) is 13.1. The molecule has 0 spiro atoms. The van der Waals surface area contributed by atoms with Crippen molar-refractivity contribution in [1.29, 1.82) is 0 Å². The number of thiazole rings is 1. The van der Waals surface area contributed by atoms with E-state index in [9.17, 15) is 4.79 Å². The lowest BCUT2D eigenvalue weighted by atomic mass is 10.1. The highest BCUT2D eigenvalue weighted by Gasteiger charge is 2.14. The Morgan fingerprint density at radius 1 is 1.28 bits per heavy atom. The average Bonchev–Trinajstić information content (AvgIpc) is 3.12. The minimum atomic E-state index is -0.271. The number of anilines is 2. The van der Waals surface area contributed by atoms with Crippen molar-refractivity contribution in [3.05, 3.63) is 69.7 Å². The van der Waals surface area contributed by atoms with Crippen molar-refractivity contribution >= 4 is 39.7 Å². The van der Waals surface area contributed by atoms with Gasteiger partial charge in [-0.05, 0) is 35.9 Å². The van der Waals surface area contributed by atoms with Gasteiger partial charge >= 0.3 is 0 Å². The third kappa shape index (κ3) is 5.69. The van der Waals surface area contributed by atoms with Gasteiger partial charge in [-0.2, -0.15) is 0 Å². The molecular weight excluding hydrogens is 410 g/mol. The third-order valence-corrected chi connectivity index (χ3v) is 5.24. The fourth-order valence-corrected chi connectivity index (χ4v) is 3.82. The Bertz CT molecular complexity index is 991. The Morgan fingerprint density at radius 2 is 2.10 bits per heavy atom. The molecule has 0 fully saturated rings. The first kappa shape index (κ1) is 21.1.